The molecule has 1 aliphatic rings. The van der Waals surface area contributed by atoms with Gasteiger partial charge in [0.05, 0.1) is 6.20 Å². The maximum atomic E-state index is 12.3. The SMILES string of the molecule is NC1=NC=C(F)I=C1F. The van der Waals surface area contributed by atoms with Crippen LogP contribution in [-0.4, -0.2) is 9.60 Å². The van der Waals surface area contributed by atoms with Crippen LogP contribution in [0.25, 0.3) is 0 Å². The molecule has 0 aromatic rings. The molecular formula is C4H3F2IN2. The molecule has 0 spiro atoms. The molecule has 1 aliphatic heterocycles. The number of rotatable bonds is 0. The van der Waals surface area contributed by atoms with Crippen LogP contribution in [0.1, 0.15) is 0 Å². The van der Waals surface area contributed by atoms with Gasteiger partial charge in [-0.25, -0.2) is 4.99 Å². The lowest BCUT2D eigenvalue weighted by molar-refractivity contribution is 0.707. The Morgan fingerprint density at radius 2 is 2.22 bits per heavy atom. The molecule has 2 N–H and O–H groups in total. The summed E-state index contributed by atoms with van der Waals surface area (Å²) >= 11 is -1.26. The standard InChI is InChI=1S/C4H3F2IN2/c5-2-1-9-4(8)3(6)7-2/h1H,(H2,8,9). The zero-order valence-corrected chi connectivity index (χ0v) is 6.39. The molecule has 0 saturated carbocycles. The van der Waals surface area contributed by atoms with Crippen LogP contribution in [0, 0.1) is 0 Å². The van der Waals surface area contributed by atoms with Gasteiger partial charge in [-0.15, -0.1) is 0 Å². The highest BCUT2D eigenvalue weighted by molar-refractivity contribution is 14.2. The van der Waals surface area contributed by atoms with Crippen LogP contribution in [0.15, 0.2) is 15.0 Å². The lowest BCUT2D eigenvalue weighted by atomic mass is 10.7. The van der Waals surface area contributed by atoms with Gasteiger partial charge < -0.3 is 5.73 Å². The first-order valence-electron chi connectivity index (χ1n) is 2.07. The monoisotopic (exact) mass is 244 g/mol. The molecule has 0 fully saturated rings. The van der Waals surface area contributed by atoms with Crippen molar-refractivity contribution in [3.63, 3.8) is 0 Å². The molecule has 0 saturated heterocycles. The molecule has 0 atom stereocenters. The summed E-state index contributed by atoms with van der Waals surface area (Å²) in [5, 5.41) is 0. The van der Waals surface area contributed by atoms with E-state index in [2.05, 4.69) is 4.99 Å². The fraction of sp³-hybridized carbons (Fsp3) is 0. The summed E-state index contributed by atoms with van der Waals surface area (Å²) in [6, 6.07) is 0. The Kier molecular flexibility index (Phi) is 1.89. The van der Waals surface area contributed by atoms with Crippen molar-refractivity contribution in [3.8, 4) is 0 Å². The van der Waals surface area contributed by atoms with Crippen molar-refractivity contribution in [1.29, 1.82) is 0 Å². The molecule has 0 radical (unpaired) electrons. The Labute approximate surface area is 60.2 Å². The quantitative estimate of drug-likeness (QED) is 0.638. The normalized spacial score (nSPS) is 19.1. The third kappa shape index (κ3) is 1.54. The van der Waals surface area contributed by atoms with Crippen LogP contribution in [0.2, 0.25) is 0 Å². The molecule has 5 heteroatoms. The second kappa shape index (κ2) is 2.51. The van der Waals surface area contributed by atoms with E-state index in [9.17, 15) is 8.78 Å². The summed E-state index contributed by atoms with van der Waals surface area (Å²) in [6.45, 7) is 0. The van der Waals surface area contributed by atoms with Crippen molar-refractivity contribution in [2.45, 2.75) is 0 Å². The zero-order valence-electron chi connectivity index (χ0n) is 4.24. The predicted octanol–water partition coefficient (Wildman–Crippen LogP) is 1.20. The number of nitrogens with zero attached hydrogens (tertiary/aromatic N) is 1. The van der Waals surface area contributed by atoms with E-state index in [1.54, 1.807) is 0 Å². The first-order valence-corrected chi connectivity index (χ1v) is 4.22. The largest absolute Gasteiger partial charge is 0.381 e. The van der Waals surface area contributed by atoms with Gasteiger partial charge in [0, 0.05) is 0 Å². The summed E-state index contributed by atoms with van der Waals surface area (Å²) in [6.07, 6.45) is 0.964. The number of hydrogen-bond donors (Lipinski definition) is 1. The van der Waals surface area contributed by atoms with Crippen molar-refractivity contribution in [1.82, 2.24) is 0 Å². The van der Waals surface area contributed by atoms with Crippen LogP contribution >= 0.6 is 20.7 Å². The summed E-state index contributed by atoms with van der Waals surface area (Å²) in [5.74, 6) is -0.177. The van der Waals surface area contributed by atoms with Crippen molar-refractivity contribution in [3.05, 3.63) is 10.0 Å². The minimum absolute atomic E-state index is 0.177. The molecule has 0 aromatic heterocycles. The zero-order chi connectivity index (χ0) is 6.85. The average Bonchev–Trinajstić information content (AvgIpc) is 1.80. The van der Waals surface area contributed by atoms with Gasteiger partial charge in [0.2, 0.25) is 0 Å². The van der Waals surface area contributed by atoms with E-state index in [0.29, 0.717) is 0 Å². The molecule has 0 aromatic carbocycles. The lowest BCUT2D eigenvalue weighted by Crippen LogP contribution is -2.18. The van der Waals surface area contributed by atoms with E-state index >= 15 is 0 Å². The number of nitrogens with two attached hydrogens (primary N) is 1. The topological polar surface area (TPSA) is 38.4 Å². The van der Waals surface area contributed by atoms with Gasteiger partial charge >= 0.3 is 0 Å². The maximum absolute atomic E-state index is 12.3. The summed E-state index contributed by atoms with van der Waals surface area (Å²) in [4.78, 5) is 3.26. The van der Waals surface area contributed by atoms with Crippen LogP contribution in [0.5, 0.6) is 0 Å². The minimum atomic E-state index is -1.26. The first-order chi connectivity index (χ1) is 4.20. The van der Waals surface area contributed by atoms with E-state index in [4.69, 9.17) is 5.73 Å². The maximum Gasteiger partial charge on any atom is 0.199 e. The van der Waals surface area contributed by atoms with Gasteiger partial charge in [-0.3, -0.25) is 0 Å². The fourth-order valence-electron chi connectivity index (χ4n) is 0.319. The lowest BCUT2D eigenvalue weighted by Gasteiger charge is -1.96. The third-order valence-electron chi connectivity index (χ3n) is 0.668. The van der Waals surface area contributed by atoms with Gasteiger partial charge in [0.25, 0.3) is 0 Å². The Morgan fingerprint density at radius 3 is 2.67 bits per heavy atom. The van der Waals surface area contributed by atoms with E-state index < -0.39 is 28.3 Å². The Morgan fingerprint density at radius 1 is 1.56 bits per heavy atom. The van der Waals surface area contributed by atoms with Crippen molar-refractivity contribution >= 4 is 30.3 Å². The van der Waals surface area contributed by atoms with Gasteiger partial charge in [0.1, 0.15) is 0 Å². The molecule has 1 rings (SSSR count). The van der Waals surface area contributed by atoms with E-state index in [-0.39, 0.29) is 5.84 Å². The second-order valence-corrected chi connectivity index (χ2v) is 3.81. The second-order valence-electron chi connectivity index (χ2n) is 1.29. The molecule has 50 valence electrons. The highest BCUT2D eigenvalue weighted by atomic mass is 127. The number of halogens is 3. The van der Waals surface area contributed by atoms with E-state index in [1.165, 1.54) is 0 Å². The number of amidine groups is 1. The Hall–Kier alpha value is -0.330. The van der Waals surface area contributed by atoms with Gasteiger partial charge in [-0.1, -0.05) is 0 Å². The Balaban J connectivity index is 2.99. The average molecular weight is 244 g/mol. The molecule has 0 unspecified atom stereocenters. The summed E-state index contributed by atoms with van der Waals surface area (Å²) < 4.78 is 23.3. The highest BCUT2D eigenvalue weighted by Gasteiger charge is 2.06. The minimum Gasteiger partial charge on any atom is -0.381 e. The number of hydrogen-bond acceptors (Lipinski definition) is 2. The smallest absolute Gasteiger partial charge is 0.199 e. The molecule has 0 aliphatic carbocycles. The van der Waals surface area contributed by atoms with Crippen LogP contribution in [0.3, 0.4) is 0 Å². The van der Waals surface area contributed by atoms with Gasteiger partial charge in [-0.2, -0.15) is 8.78 Å². The molecular weight excluding hydrogens is 241 g/mol. The highest BCUT2D eigenvalue weighted by Crippen LogP contribution is 2.21. The first kappa shape index (κ1) is 6.79. The molecule has 1 heterocycles. The fourth-order valence-corrected chi connectivity index (χ4v) is 1.47. The van der Waals surface area contributed by atoms with Gasteiger partial charge in [0.15, 0.2) is 13.4 Å². The Bertz CT molecular complexity index is 219. The summed E-state index contributed by atoms with van der Waals surface area (Å²) in [5.41, 5.74) is 4.99. The van der Waals surface area contributed by atoms with Crippen molar-refractivity contribution in [2.75, 3.05) is 0 Å². The predicted molar refractivity (Wildman–Crippen MR) is 40.9 cm³/mol. The van der Waals surface area contributed by atoms with Crippen molar-refractivity contribution in [2.24, 2.45) is 10.7 Å². The van der Waals surface area contributed by atoms with E-state index in [0.717, 1.165) is 6.20 Å². The van der Waals surface area contributed by atoms with Crippen molar-refractivity contribution < 1.29 is 8.78 Å². The molecule has 0 bridgehead atoms. The molecule has 2 nitrogen and oxygen atoms in total. The molecule has 9 heavy (non-hydrogen) atoms. The molecule has 0 amide bonds. The van der Waals surface area contributed by atoms with Crippen LogP contribution in [0.4, 0.5) is 8.78 Å². The van der Waals surface area contributed by atoms with Crippen LogP contribution in [-0.2, 0) is 0 Å². The third-order valence-corrected chi connectivity index (χ3v) is 2.49. The number of aliphatic imine (C=N–C) groups is 1. The summed E-state index contributed by atoms with van der Waals surface area (Å²) in [7, 11) is 0. The van der Waals surface area contributed by atoms with Gasteiger partial charge in [-0.05, 0) is 20.7 Å². The van der Waals surface area contributed by atoms with E-state index in [1.807, 2.05) is 0 Å². The van der Waals surface area contributed by atoms with Crippen LogP contribution < -0.4 is 5.73 Å².